The second-order valence-electron chi connectivity index (χ2n) is 4.15. The van der Waals surface area contributed by atoms with Crippen molar-refractivity contribution in [3.05, 3.63) is 35.9 Å². The zero-order valence-corrected chi connectivity index (χ0v) is 10.2. The fourth-order valence-corrected chi connectivity index (χ4v) is 1.56. The number of nitrogens with zero attached hydrogens (tertiary/aromatic N) is 1. The van der Waals surface area contributed by atoms with Gasteiger partial charge in [-0.15, -0.1) is 0 Å². The van der Waals surface area contributed by atoms with Gasteiger partial charge >= 0.3 is 12.1 Å². The smallest absolute Gasteiger partial charge is 0.410 e. The van der Waals surface area contributed by atoms with Gasteiger partial charge in [-0.05, 0) is 5.56 Å². The molecule has 1 aromatic carbocycles. The lowest BCUT2D eigenvalue weighted by molar-refractivity contribution is -0.141. The highest BCUT2D eigenvalue weighted by molar-refractivity contribution is 5.71. The predicted molar refractivity (Wildman–Crippen MR) is 63.8 cm³/mol. The molecular weight excluding hydrogens is 234 g/mol. The van der Waals surface area contributed by atoms with Crippen LogP contribution >= 0.6 is 0 Å². The molecule has 5 heteroatoms. The standard InChI is InChI=1S/C13H15NO4/c1-10(15)17-9-12-7-14(12)13(16)18-8-11-5-3-2-4-6-11/h2-6,12H,7-9H2,1H3/t12-,14?/m1/s1. The Morgan fingerprint density at radius 1 is 1.28 bits per heavy atom. The van der Waals surface area contributed by atoms with Crippen LogP contribution in [0.15, 0.2) is 30.3 Å². The molecule has 5 nitrogen and oxygen atoms in total. The first-order valence-corrected chi connectivity index (χ1v) is 5.77. The third-order valence-electron chi connectivity index (χ3n) is 2.63. The minimum atomic E-state index is -0.365. The molecule has 0 N–H and O–H groups in total. The average molecular weight is 249 g/mol. The third kappa shape index (κ3) is 3.48. The molecule has 0 bridgehead atoms. The summed E-state index contributed by atoms with van der Waals surface area (Å²) >= 11 is 0. The molecule has 0 aliphatic carbocycles. The predicted octanol–water partition coefficient (Wildman–Crippen LogP) is 1.57. The number of rotatable bonds is 4. The number of benzene rings is 1. The maximum atomic E-state index is 11.6. The highest BCUT2D eigenvalue weighted by Gasteiger charge is 2.40. The highest BCUT2D eigenvalue weighted by Crippen LogP contribution is 2.19. The monoisotopic (exact) mass is 249 g/mol. The second-order valence-corrected chi connectivity index (χ2v) is 4.15. The van der Waals surface area contributed by atoms with Crippen molar-refractivity contribution in [3.63, 3.8) is 0 Å². The van der Waals surface area contributed by atoms with Gasteiger partial charge in [-0.25, -0.2) is 4.79 Å². The van der Waals surface area contributed by atoms with Gasteiger partial charge in [0.2, 0.25) is 0 Å². The first-order chi connectivity index (χ1) is 8.66. The summed E-state index contributed by atoms with van der Waals surface area (Å²) in [5.41, 5.74) is 0.948. The summed E-state index contributed by atoms with van der Waals surface area (Å²) in [4.78, 5) is 23.7. The molecule has 1 amide bonds. The van der Waals surface area contributed by atoms with Crippen molar-refractivity contribution in [2.24, 2.45) is 0 Å². The zero-order chi connectivity index (χ0) is 13.0. The van der Waals surface area contributed by atoms with Gasteiger partial charge in [0, 0.05) is 13.5 Å². The minimum absolute atomic E-state index is 0.0304. The molecular formula is C13H15NO4. The first kappa shape index (κ1) is 12.4. The molecule has 0 aromatic heterocycles. The molecule has 1 aliphatic heterocycles. The Hall–Kier alpha value is -2.04. The van der Waals surface area contributed by atoms with Gasteiger partial charge in [0.05, 0.1) is 6.04 Å². The molecule has 1 saturated heterocycles. The lowest BCUT2D eigenvalue weighted by Gasteiger charge is -2.06. The first-order valence-electron chi connectivity index (χ1n) is 5.77. The summed E-state index contributed by atoms with van der Waals surface area (Å²) < 4.78 is 9.96. The molecule has 2 rings (SSSR count). The Balaban J connectivity index is 1.69. The van der Waals surface area contributed by atoms with E-state index in [-0.39, 0.29) is 31.3 Å². The van der Waals surface area contributed by atoms with Crippen molar-refractivity contribution >= 4 is 12.1 Å². The topological polar surface area (TPSA) is 55.6 Å². The van der Waals surface area contributed by atoms with Crippen LogP contribution in [0.3, 0.4) is 0 Å². The van der Waals surface area contributed by atoms with Crippen molar-refractivity contribution < 1.29 is 19.1 Å². The van der Waals surface area contributed by atoms with Crippen LogP contribution in [-0.2, 0) is 20.9 Å². The van der Waals surface area contributed by atoms with Gasteiger partial charge in [-0.2, -0.15) is 0 Å². The SMILES string of the molecule is CC(=O)OC[C@H]1CN1C(=O)OCc1ccccc1. The Kier molecular flexibility index (Phi) is 3.82. The van der Waals surface area contributed by atoms with Crippen molar-refractivity contribution in [1.29, 1.82) is 0 Å². The highest BCUT2D eigenvalue weighted by atomic mass is 16.6. The van der Waals surface area contributed by atoms with Gasteiger partial charge in [0.15, 0.2) is 0 Å². The lowest BCUT2D eigenvalue weighted by Crippen LogP contribution is -2.18. The molecule has 0 spiro atoms. The summed E-state index contributed by atoms with van der Waals surface area (Å²) in [5, 5.41) is 0. The molecule has 1 aliphatic rings. The molecule has 1 heterocycles. The fraction of sp³-hybridized carbons (Fsp3) is 0.385. The maximum Gasteiger partial charge on any atom is 0.410 e. The van der Waals surface area contributed by atoms with Gasteiger partial charge in [-0.1, -0.05) is 30.3 Å². The van der Waals surface area contributed by atoms with Crippen molar-refractivity contribution in [2.45, 2.75) is 19.6 Å². The molecule has 1 fully saturated rings. The summed E-state index contributed by atoms with van der Waals surface area (Å²) in [6, 6.07) is 9.45. The van der Waals surface area contributed by atoms with E-state index in [2.05, 4.69) is 0 Å². The lowest BCUT2D eigenvalue weighted by atomic mass is 10.2. The molecule has 0 saturated carbocycles. The maximum absolute atomic E-state index is 11.6. The van der Waals surface area contributed by atoms with Crippen LogP contribution in [0.1, 0.15) is 12.5 Å². The van der Waals surface area contributed by atoms with Crippen LogP contribution in [0.2, 0.25) is 0 Å². The summed E-state index contributed by atoms with van der Waals surface area (Å²) in [5.74, 6) is -0.334. The van der Waals surface area contributed by atoms with Crippen LogP contribution < -0.4 is 0 Å². The molecule has 1 atom stereocenters. The summed E-state index contributed by atoms with van der Waals surface area (Å²) in [6.45, 7) is 2.44. The molecule has 0 radical (unpaired) electrons. The fourth-order valence-electron chi connectivity index (χ4n) is 1.56. The number of hydrogen-bond acceptors (Lipinski definition) is 4. The van der Waals surface area contributed by atoms with Gasteiger partial charge in [0.25, 0.3) is 0 Å². The Bertz CT molecular complexity index is 432. The number of amides is 1. The Labute approximate surface area is 105 Å². The number of hydrogen-bond donors (Lipinski definition) is 0. The largest absolute Gasteiger partial charge is 0.464 e. The van der Waals surface area contributed by atoms with Crippen molar-refractivity contribution in [3.8, 4) is 0 Å². The zero-order valence-electron chi connectivity index (χ0n) is 10.2. The van der Waals surface area contributed by atoms with Crippen LogP contribution in [-0.4, -0.2) is 36.2 Å². The molecule has 96 valence electrons. The normalized spacial score (nSPS) is 17.2. The second kappa shape index (κ2) is 5.53. The van der Waals surface area contributed by atoms with Gasteiger partial charge in [-0.3, -0.25) is 9.69 Å². The van der Waals surface area contributed by atoms with Gasteiger partial charge < -0.3 is 9.47 Å². The minimum Gasteiger partial charge on any atom is -0.464 e. The molecule has 18 heavy (non-hydrogen) atoms. The van der Waals surface area contributed by atoms with Crippen molar-refractivity contribution in [1.82, 2.24) is 4.90 Å². The number of ether oxygens (including phenoxy) is 2. The van der Waals surface area contributed by atoms with E-state index in [1.54, 1.807) is 0 Å². The quantitative estimate of drug-likeness (QED) is 0.600. The van der Waals surface area contributed by atoms with E-state index in [1.807, 2.05) is 30.3 Å². The van der Waals surface area contributed by atoms with E-state index >= 15 is 0 Å². The van der Waals surface area contributed by atoms with E-state index in [1.165, 1.54) is 11.8 Å². The van der Waals surface area contributed by atoms with Crippen LogP contribution in [0.25, 0.3) is 0 Å². The van der Waals surface area contributed by atoms with E-state index in [0.717, 1.165) is 5.56 Å². The van der Waals surface area contributed by atoms with E-state index < -0.39 is 0 Å². The van der Waals surface area contributed by atoms with Crippen LogP contribution in [0.4, 0.5) is 4.79 Å². The summed E-state index contributed by atoms with van der Waals surface area (Å²) in [6.07, 6.45) is -0.365. The van der Waals surface area contributed by atoms with Gasteiger partial charge in [0.1, 0.15) is 13.2 Å². The van der Waals surface area contributed by atoms with Crippen molar-refractivity contribution in [2.75, 3.05) is 13.2 Å². The third-order valence-corrected chi connectivity index (χ3v) is 2.63. The van der Waals surface area contributed by atoms with E-state index in [4.69, 9.17) is 9.47 Å². The number of carbonyl (C=O) groups excluding carboxylic acids is 2. The van der Waals surface area contributed by atoms with Crippen LogP contribution in [0.5, 0.6) is 0 Å². The molecule has 1 aromatic rings. The van der Waals surface area contributed by atoms with E-state index in [0.29, 0.717) is 6.54 Å². The average Bonchev–Trinajstić information content (AvgIpc) is 3.14. The number of esters is 1. The Morgan fingerprint density at radius 3 is 2.67 bits per heavy atom. The number of carbonyl (C=O) groups is 2. The van der Waals surface area contributed by atoms with E-state index in [9.17, 15) is 9.59 Å². The van der Waals surface area contributed by atoms with Crippen LogP contribution in [0, 0.1) is 0 Å². The summed E-state index contributed by atoms with van der Waals surface area (Å²) in [7, 11) is 0. The molecule has 0 unspecified atom stereocenters. The Morgan fingerprint density at radius 2 is 2.00 bits per heavy atom.